The van der Waals surface area contributed by atoms with Gasteiger partial charge in [0, 0.05) is 17.8 Å². The molecule has 0 aromatic heterocycles. The number of ether oxygens (including phenoxy) is 2. The second-order valence-corrected chi connectivity index (χ2v) is 9.37. The van der Waals surface area contributed by atoms with Gasteiger partial charge in [0.2, 0.25) is 0 Å². The number of methoxy groups -OCH3 is 1. The van der Waals surface area contributed by atoms with E-state index >= 15 is 0 Å². The van der Waals surface area contributed by atoms with Crippen molar-refractivity contribution in [3.63, 3.8) is 0 Å². The first-order valence-corrected chi connectivity index (χ1v) is 12.3. The van der Waals surface area contributed by atoms with Gasteiger partial charge < -0.3 is 14.8 Å². The van der Waals surface area contributed by atoms with Gasteiger partial charge in [0.25, 0.3) is 17.1 Å². The Kier molecular flexibility index (Phi) is 7.90. The topological polar surface area (TPSA) is 84.9 Å². The fraction of sp³-hybridized carbons (Fsp3) is 0.346. The standard InChI is InChI=1S/C26H28N2O5S/c1-32-21-14-8-11-19(24(21)33-17-23(29)27-20-12-6-3-7-13-20)15-22-25(30)28(26(31)34-22)16-18-9-4-2-5-10-18/h3,6-8,11-15,18H,2,4-5,9-10,16-17H2,1H3,(H,27,29)/b22-15+. The van der Waals surface area contributed by atoms with Crippen molar-refractivity contribution in [1.29, 1.82) is 0 Å². The average molecular weight is 481 g/mol. The zero-order valence-electron chi connectivity index (χ0n) is 19.1. The fourth-order valence-corrected chi connectivity index (χ4v) is 5.08. The van der Waals surface area contributed by atoms with Gasteiger partial charge in [0.1, 0.15) is 0 Å². The van der Waals surface area contributed by atoms with Crippen molar-refractivity contribution in [3.05, 3.63) is 59.0 Å². The smallest absolute Gasteiger partial charge is 0.293 e. The van der Waals surface area contributed by atoms with Gasteiger partial charge in [-0.3, -0.25) is 19.3 Å². The molecule has 8 heteroatoms. The van der Waals surface area contributed by atoms with Crippen LogP contribution < -0.4 is 14.8 Å². The van der Waals surface area contributed by atoms with Crippen LogP contribution in [0.5, 0.6) is 11.5 Å². The monoisotopic (exact) mass is 480 g/mol. The summed E-state index contributed by atoms with van der Waals surface area (Å²) in [4.78, 5) is 39.7. The molecule has 178 valence electrons. The first-order valence-electron chi connectivity index (χ1n) is 11.4. The maximum Gasteiger partial charge on any atom is 0.293 e. The minimum absolute atomic E-state index is 0.237. The van der Waals surface area contributed by atoms with Crippen LogP contribution in [0.4, 0.5) is 10.5 Å². The van der Waals surface area contributed by atoms with E-state index in [9.17, 15) is 14.4 Å². The maximum absolute atomic E-state index is 13.0. The van der Waals surface area contributed by atoms with Gasteiger partial charge in [0.05, 0.1) is 12.0 Å². The molecule has 1 aliphatic heterocycles. The quantitative estimate of drug-likeness (QED) is 0.514. The highest BCUT2D eigenvalue weighted by Gasteiger charge is 2.36. The Morgan fingerprint density at radius 2 is 1.85 bits per heavy atom. The molecule has 0 spiro atoms. The molecular formula is C26H28N2O5S. The molecule has 7 nitrogen and oxygen atoms in total. The van der Waals surface area contributed by atoms with Gasteiger partial charge in [-0.2, -0.15) is 0 Å². The molecule has 4 rings (SSSR count). The molecule has 1 heterocycles. The summed E-state index contributed by atoms with van der Waals surface area (Å²) in [5.41, 5.74) is 1.23. The highest BCUT2D eigenvalue weighted by molar-refractivity contribution is 8.18. The maximum atomic E-state index is 13.0. The summed E-state index contributed by atoms with van der Waals surface area (Å²) in [7, 11) is 1.51. The number of thioether (sulfide) groups is 1. The third kappa shape index (κ3) is 5.80. The number of nitrogens with one attached hydrogen (secondary N) is 1. The number of hydrogen-bond acceptors (Lipinski definition) is 6. The third-order valence-electron chi connectivity index (χ3n) is 5.96. The van der Waals surface area contributed by atoms with Gasteiger partial charge in [-0.15, -0.1) is 0 Å². The molecule has 1 saturated heterocycles. The van der Waals surface area contributed by atoms with E-state index < -0.39 is 0 Å². The number of anilines is 1. The first kappa shape index (κ1) is 23.9. The van der Waals surface area contributed by atoms with Crippen molar-refractivity contribution < 1.29 is 23.9 Å². The van der Waals surface area contributed by atoms with E-state index in [1.165, 1.54) is 18.4 Å². The van der Waals surface area contributed by atoms with Crippen LogP contribution in [0.2, 0.25) is 0 Å². The summed E-state index contributed by atoms with van der Waals surface area (Å²) in [5.74, 6) is 0.544. The fourth-order valence-electron chi connectivity index (χ4n) is 4.24. The van der Waals surface area contributed by atoms with Crippen molar-refractivity contribution in [3.8, 4) is 11.5 Å². The first-order chi connectivity index (χ1) is 16.5. The molecule has 2 fully saturated rings. The van der Waals surface area contributed by atoms with Gasteiger partial charge in [-0.1, -0.05) is 49.6 Å². The van der Waals surface area contributed by atoms with Crippen molar-refractivity contribution in [2.75, 3.05) is 25.6 Å². The number of imide groups is 1. The Bertz CT molecular complexity index is 1080. The molecule has 34 heavy (non-hydrogen) atoms. The van der Waals surface area contributed by atoms with Crippen LogP contribution in [0, 0.1) is 5.92 Å². The predicted octanol–water partition coefficient (Wildman–Crippen LogP) is 5.33. The van der Waals surface area contributed by atoms with Crippen molar-refractivity contribution in [2.45, 2.75) is 32.1 Å². The summed E-state index contributed by atoms with van der Waals surface area (Å²) in [6, 6.07) is 14.4. The molecule has 0 atom stereocenters. The van der Waals surface area contributed by atoms with Crippen LogP contribution >= 0.6 is 11.8 Å². The predicted molar refractivity (Wildman–Crippen MR) is 133 cm³/mol. The number of benzene rings is 2. The number of amides is 3. The summed E-state index contributed by atoms with van der Waals surface area (Å²) in [5, 5.41) is 2.53. The molecule has 0 unspecified atom stereocenters. The number of para-hydroxylation sites is 2. The van der Waals surface area contributed by atoms with E-state index in [4.69, 9.17) is 9.47 Å². The highest BCUT2D eigenvalue weighted by atomic mass is 32.2. The summed E-state index contributed by atoms with van der Waals surface area (Å²) < 4.78 is 11.2. The number of nitrogens with zero attached hydrogens (tertiary/aromatic N) is 1. The number of hydrogen-bond donors (Lipinski definition) is 1. The summed E-state index contributed by atoms with van der Waals surface area (Å²) in [6.45, 7) is 0.238. The second kappa shape index (κ2) is 11.2. The highest BCUT2D eigenvalue weighted by Crippen LogP contribution is 2.38. The third-order valence-corrected chi connectivity index (χ3v) is 6.87. The Morgan fingerprint density at radius 3 is 2.59 bits per heavy atom. The van der Waals surface area contributed by atoms with Crippen LogP contribution in [-0.4, -0.2) is 42.2 Å². The Labute approximate surface area is 203 Å². The minimum Gasteiger partial charge on any atom is -0.493 e. The number of carbonyl (C=O) groups excluding carboxylic acids is 3. The van der Waals surface area contributed by atoms with Crippen LogP contribution in [0.25, 0.3) is 6.08 Å². The number of carbonyl (C=O) groups is 3. The Balaban J connectivity index is 1.48. The van der Waals surface area contributed by atoms with E-state index in [0.29, 0.717) is 40.1 Å². The van der Waals surface area contributed by atoms with Gasteiger partial charge >= 0.3 is 0 Å². The van der Waals surface area contributed by atoms with Crippen LogP contribution in [0.1, 0.15) is 37.7 Å². The lowest BCUT2D eigenvalue weighted by Gasteiger charge is -2.25. The van der Waals surface area contributed by atoms with Gasteiger partial charge in [0.15, 0.2) is 18.1 Å². The molecule has 1 aliphatic carbocycles. The molecule has 2 aromatic carbocycles. The molecule has 1 N–H and O–H groups in total. The lowest BCUT2D eigenvalue weighted by Crippen LogP contribution is -2.34. The van der Waals surface area contributed by atoms with E-state index in [1.807, 2.05) is 18.2 Å². The van der Waals surface area contributed by atoms with Gasteiger partial charge in [-0.25, -0.2) is 0 Å². The van der Waals surface area contributed by atoms with E-state index in [2.05, 4.69) is 5.32 Å². The summed E-state index contributed by atoms with van der Waals surface area (Å²) >= 11 is 0.936. The molecule has 3 amide bonds. The van der Waals surface area contributed by atoms with Crippen molar-refractivity contribution >= 4 is 40.6 Å². The Morgan fingerprint density at radius 1 is 1.09 bits per heavy atom. The zero-order chi connectivity index (χ0) is 23.9. The lowest BCUT2D eigenvalue weighted by atomic mass is 9.89. The zero-order valence-corrected chi connectivity index (χ0v) is 19.9. The SMILES string of the molecule is COc1cccc(/C=C2/SC(=O)N(CC3CCCCC3)C2=O)c1OCC(=O)Nc1ccccc1. The minimum atomic E-state index is -0.323. The average Bonchev–Trinajstić information content (AvgIpc) is 3.11. The second-order valence-electron chi connectivity index (χ2n) is 8.38. The van der Waals surface area contributed by atoms with Crippen molar-refractivity contribution in [1.82, 2.24) is 4.90 Å². The lowest BCUT2D eigenvalue weighted by molar-refractivity contribution is -0.123. The molecule has 2 aromatic rings. The van der Waals surface area contributed by atoms with E-state index in [0.717, 1.165) is 37.4 Å². The molecule has 1 saturated carbocycles. The van der Waals surface area contributed by atoms with Crippen LogP contribution in [0.15, 0.2) is 53.4 Å². The molecule has 0 radical (unpaired) electrons. The molecular weight excluding hydrogens is 452 g/mol. The molecule has 0 bridgehead atoms. The van der Waals surface area contributed by atoms with E-state index in [1.54, 1.807) is 36.4 Å². The van der Waals surface area contributed by atoms with Crippen LogP contribution in [-0.2, 0) is 9.59 Å². The molecule has 2 aliphatic rings. The van der Waals surface area contributed by atoms with Crippen molar-refractivity contribution in [2.24, 2.45) is 5.92 Å². The number of rotatable bonds is 8. The normalized spacial score (nSPS) is 17.8. The van der Waals surface area contributed by atoms with E-state index in [-0.39, 0.29) is 23.7 Å². The largest absolute Gasteiger partial charge is 0.493 e. The van der Waals surface area contributed by atoms with Gasteiger partial charge in [-0.05, 0) is 54.8 Å². The Hall–Kier alpha value is -3.26. The summed E-state index contributed by atoms with van der Waals surface area (Å²) in [6.07, 6.45) is 7.27. The van der Waals surface area contributed by atoms with Crippen LogP contribution in [0.3, 0.4) is 0 Å².